The van der Waals surface area contributed by atoms with Gasteiger partial charge in [0.1, 0.15) is 16.5 Å². The Balaban J connectivity index is 1.77. The van der Waals surface area contributed by atoms with E-state index in [1.807, 2.05) is 11.4 Å². The summed E-state index contributed by atoms with van der Waals surface area (Å²) in [6.45, 7) is 2.95. The lowest BCUT2D eigenvalue weighted by Gasteiger charge is -2.31. The molecule has 1 fully saturated rings. The van der Waals surface area contributed by atoms with Gasteiger partial charge in [0.25, 0.3) is 0 Å². The molecule has 3 N–H and O–H groups in total. The number of nitrogen functional groups attached to an aromatic ring is 1. The molecule has 3 rings (SSSR count). The number of anilines is 1. The van der Waals surface area contributed by atoms with E-state index in [4.69, 9.17) is 5.73 Å². The summed E-state index contributed by atoms with van der Waals surface area (Å²) in [6.07, 6.45) is 2.24. The second kappa shape index (κ2) is 5.40. The van der Waals surface area contributed by atoms with Gasteiger partial charge in [-0.1, -0.05) is 0 Å². The SMILES string of the molecule is Nc1nc(CN2CCCC(CO)C2)nc2sccc12. The van der Waals surface area contributed by atoms with Crippen molar-refractivity contribution < 1.29 is 5.11 Å². The summed E-state index contributed by atoms with van der Waals surface area (Å²) < 4.78 is 0. The summed E-state index contributed by atoms with van der Waals surface area (Å²) in [5.74, 6) is 1.74. The van der Waals surface area contributed by atoms with Crippen molar-refractivity contribution in [2.24, 2.45) is 5.92 Å². The van der Waals surface area contributed by atoms with Crippen LogP contribution in [0.4, 0.5) is 5.82 Å². The number of aromatic nitrogens is 2. The molecule has 102 valence electrons. The van der Waals surface area contributed by atoms with Crippen LogP contribution in [-0.2, 0) is 6.54 Å². The van der Waals surface area contributed by atoms with Gasteiger partial charge < -0.3 is 10.8 Å². The van der Waals surface area contributed by atoms with E-state index in [1.54, 1.807) is 11.3 Å². The van der Waals surface area contributed by atoms with E-state index >= 15 is 0 Å². The predicted octanol–water partition coefficient (Wildman–Crippen LogP) is 1.48. The van der Waals surface area contributed by atoms with E-state index in [9.17, 15) is 5.11 Å². The first-order valence-corrected chi connectivity index (χ1v) is 7.47. The maximum atomic E-state index is 9.26. The van der Waals surface area contributed by atoms with Crippen LogP contribution in [0, 0.1) is 5.92 Å². The average molecular weight is 278 g/mol. The van der Waals surface area contributed by atoms with Crippen LogP contribution in [0.3, 0.4) is 0 Å². The smallest absolute Gasteiger partial charge is 0.146 e. The third kappa shape index (κ3) is 2.70. The van der Waals surface area contributed by atoms with Crippen molar-refractivity contribution in [2.45, 2.75) is 19.4 Å². The summed E-state index contributed by atoms with van der Waals surface area (Å²) in [6, 6.07) is 1.96. The van der Waals surface area contributed by atoms with Gasteiger partial charge in [0.05, 0.1) is 11.9 Å². The number of hydrogen-bond acceptors (Lipinski definition) is 6. The molecule has 0 aliphatic carbocycles. The van der Waals surface area contributed by atoms with Crippen molar-refractivity contribution in [3.05, 3.63) is 17.3 Å². The fourth-order valence-corrected chi connectivity index (χ4v) is 3.43. The Morgan fingerprint density at radius 1 is 1.47 bits per heavy atom. The zero-order valence-corrected chi connectivity index (χ0v) is 11.6. The highest BCUT2D eigenvalue weighted by Crippen LogP contribution is 2.24. The van der Waals surface area contributed by atoms with Crippen LogP contribution in [0.5, 0.6) is 0 Å². The maximum absolute atomic E-state index is 9.26. The van der Waals surface area contributed by atoms with E-state index in [0.717, 1.165) is 42.0 Å². The number of piperidine rings is 1. The molecule has 19 heavy (non-hydrogen) atoms. The van der Waals surface area contributed by atoms with E-state index in [0.29, 0.717) is 18.3 Å². The molecule has 2 aromatic heterocycles. The number of fused-ring (bicyclic) bond motifs is 1. The molecule has 2 aromatic rings. The maximum Gasteiger partial charge on any atom is 0.146 e. The molecule has 1 aliphatic heterocycles. The summed E-state index contributed by atoms with van der Waals surface area (Å²) in [5.41, 5.74) is 5.96. The summed E-state index contributed by atoms with van der Waals surface area (Å²) in [7, 11) is 0. The van der Waals surface area contributed by atoms with Crippen molar-refractivity contribution >= 4 is 27.4 Å². The van der Waals surface area contributed by atoms with Crippen LogP contribution in [0.1, 0.15) is 18.7 Å². The van der Waals surface area contributed by atoms with E-state index in [2.05, 4.69) is 14.9 Å². The minimum absolute atomic E-state index is 0.267. The van der Waals surface area contributed by atoms with E-state index in [-0.39, 0.29) is 6.61 Å². The monoisotopic (exact) mass is 278 g/mol. The lowest BCUT2D eigenvalue weighted by atomic mass is 9.99. The average Bonchev–Trinajstić information content (AvgIpc) is 2.88. The second-order valence-electron chi connectivity index (χ2n) is 5.09. The van der Waals surface area contributed by atoms with Crippen molar-refractivity contribution in [1.29, 1.82) is 0 Å². The highest BCUT2D eigenvalue weighted by Gasteiger charge is 2.20. The zero-order chi connectivity index (χ0) is 13.2. The number of thiophene rings is 1. The van der Waals surface area contributed by atoms with Crippen molar-refractivity contribution in [1.82, 2.24) is 14.9 Å². The van der Waals surface area contributed by atoms with Gasteiger partial charge in [0.2, 0.25) is 0 Å². The summed E-state index contributed by atoms with van der Waals surface area (Å²) >= 11 is 1.59. The molecule has 0 amide bonds. The van der Waals surface area contributed by atoms with Crippen LogP contribution in [0.15, 0.2) is 11.4 Å². The number of aliphatic hydroxyl groups is 1. The van der Waals surface area contributed by atoms with E-state index < -0.39 is 0 Å². The fourth-order valence-electron chi connectivity index (χ4n) is 2.64. The quantitative estimate of drug-likeness (QED) is 0.889. The zero-order valence-electron chi connectivity index (χ0n) is 10.7. The molecule has 6 heteroatoms. The molecule has 1 saturated heterocycles. The standard InChI is InChI=1S/C13H18N4OS/c14-12-10-3-5-19-13(10)16-11(15-12)7-17-4-1-2-9(6-17)8-18/h3,5,9,18H,1-2,4,6-8H2,(H2,14,15,16). The summed E-state index contributed by atoms with van der Waals surface area (Å²) in [4.78, 5) is 12.2. The highest BCUT2D eigenvalue weighted by atomic mass is 32.1. The van der Waals surface area contributed by atoms with Gasteiger partial charge in [-0.3, -0.25) is 4.90 Å². The molecule has 5 nitrogen and oxygen atoms in total. The van der Waals surface area contributed by atoms with Gasteiger partial charge in [-0.05, 0) is 36.8 Å². The molecular formula is C13H18N4OS. The fraction of sp³-hybridized carbons (Fsp3) is 0.538. The van der Waals surface area contributed by atoms with Gasteiger partial charge in [-0.15, -0.1) is 11.3 Å². The highest BCUT2D eigenvalue weighted by molar-refractivity contribution is 7.16. The second-order valence-corrected chi connectivity index (χ2v) is 5.99. The molecule has 1 unspecified atom stereocenters. The number of likely N-dealkylation sites (tertiary alicyclic amines) is 1. The molecule has 0 bridgehead atoms. The first-order chi connectivity index (χ1) is 9.26. The van der Waals surface area contributed by atoms with Crippen molar-refractivity contribution in [3.63, 3.8) is 0 Å². The van der Waals surface area contributed by atoms with Gasteiger partial charge in [0, 0.05) is 13.2 Å². The third-order valence-corrected chi connectivity index (χ3v) is 4.43. The first-order valence-electron chi connectivity index (χ1n) is 6.59. The summed E-state index contributed by atoms with van der Waals surface area (Å²) in [5, 5.41) is 12.2. The third-order valence-electron chi connectivity index (χ3n) is 3.63. The van der Waals surface area contributed by atoms with Crippen LogP contribution in [-0.4, -0.2) is 39.7 Å². The molecule has 1 aliphatic rings. The van der Waals surface area contributed by atoms with Gasteiger partial charge in [-0.25, -0.2) is 9.97 Å². The Labute approximate surface area is 116 Å². The number of nitrogens with two attached hydrogens (primary N) is 1. The molecule has 0 saturated carbocycles. The molecular weight excluding hydrogens is 260 g/mol. The van der Waals surface area contributed by atoms with E-state index in [1.165, 1.54) is 0 Å². The van der Waals surface area contributed by atoms with Crippen LogP contribution in [0.2, 0.25) is 0 Å². The molecule has 3 heterocycles. The lowest BCUT2D eigenvalue weighted by Crippen LogP contribution is -2.36. The van der Waals surface area contributed by atoms with Crippen molar-refractivity contribution in [3.8, 4) is 0 Å². The molecule has 0 spiro atoms. The Morgan fingerprint density at radius 3 is 3.21 bits per heavy atom. The Bertz CT molecular complexity index is 571. The van der Waals surface area contributed by atoms with Gasteiger partial charge >= 0.3 is 0 Å². The Hall–Kier alpha value is -1.24. The minimum Gasteiger partial charge on any atom is -0.396 e. The minimum atomic E-state index is 0.267. The topological polar surface area (TPSA) is 75.3 Å². The molecule has 0 aromatic carbocycles. The number of hydrogen-bond donors (Lipinski definition) is 2. The van der Waals surface area contributed by atoms with Crippen molar-refractivity contribution in [2.75, 3.05) is 25.4 Å². The molecule has 1 atom stereocenters. The number of rotatable bonds is 3. The first kappa shape index (κ1) is 12.8. The van der Waals surface area contributed by atoms with Gasteiger partial charge in [-0.2, -0.15) is 0 Å². The number of aliphatic hydroxyl groups excluding tert-OH is 1. The van der Waals surface area contributed by atoms with Crippen LogP contribution >= 0.6 is 11.3 Å². The van der Waals surface area contributed by atoms with Crippen LogP contribution < -0.4 is 5.73 Å². The van der Waals surface area contributed by atoms with Gasteiger partial charge in [0.15, 0.2) is 0 Å². The largest absolute Gasteiger partial charge is 0.396 e. The van der Waals surface area contributed by atoms with Crippen LogP contribution in [0.25, 0.3) is 10.2 Å². The molecule has 0 radical (unpaired) electrons. The predicted molar refractivity (Wildman–Crippen MR) is 76.9 cm³/mol. The number of nitrogens with zero attached hydrogens (tertiary/aromatic N) is 3. The normalized spacial score (nSPS) is 21.0. The lowest BCUT2D eigenvalue weighted by molar-refractivity contribution is 0.114. The Morgan fingerprint density at radius 2 is 2.37 bits per heavy atom. The Kier molecular flexibility index (Phi) is 3.63.